The van der Waals surface area contributed by atoms with Crippen molar-refractivity contribution in [3.8, 4) is 0 Å². The average molecular weight is 355 g/mol. The van der Waals surface area contributed by atoms with E-state index in [4.69, 9.17) is 5.73 Å². The molecule has 1 fully saturated rings. The van der Waals surface area contributed by atoms with Crippen LogP contribution in [0.1, 0.15) is 45.1 Å². The fourth-order valence-electron chi connectivity index (χ4n) is 3.11. The summed E-state index contributed by atoms with van der Waals surface area (Å²) in [7, 11) is 0. The Hall–Kier alpha value is -0.940. The van der Waals surface area contributed by atoms with Crippen LogP contribution in [0.4, 0.5) is 5.69 Å². The normalized spacial score (nSPS) is 20.2. The van der Waals surface area contributed by atoms with Crippen LogP contribution in [0.15, 0.2) is 22.7 Å². The second-order valence-corrected chi connectivity index (χ2v) is 7.93. The van der Waals surface area contributed by atoms with E-state index in [1.165, 1.54) is 12.8 Å². The summed E-state index contributed by atoms with van der Waals surface area (Å²) in [6.45, 7) is 5.30. The molecule has 0 spiro atoms. The molecule has 4 nitrogen and oxygen atoms in total. The summed E-state index contributed by atoms with van der Waals surface area (Å²) in [6, 6.07) is 5.03. The fourth-order valence-corrected chi connectivity index (χ4v) is 3.61. The molecule has 0 saturated heterocycles. The Morgan fingerprint density at radius 3 is 2.38 bits per heavy atom. The van der Waals surface area contributed by atoms with Crippen LogP contribution in [0.3, 0.4) is 0 Å². The van der Waals surface area contributed by atoms with E-state index in [-0.39, 0.29) is 16.0 Å². The maximum absolute atomic E-state index is 10.8. The molecule has 1 aromatic rings. The Balaban J connectivity index is 2.18. The summed E-state index contributed by atoms with van der Waals surface area (Å²) in [5.41, 5.74) is 7.86. The Kier molecular flexibility index (Phi) is 4.73. The maximum atomic E-state index is 10.8. The molecule has 21 heavy (non-hydrogen) atoms. The lowest BCUT2D eigenvalue weighted by molar-refractivity contribution is -0.384. The number of benzene rings is 1. The first kappa shape index (κ1) is 16.4. The summed E-state index contributed by atoms with van der Waals surface area (Å²) in [5.74, 6) is 0. The van der Waals surface area contributed by atoms with E-state index in [1.54, 1.807) is 12.1 Å². The van der Waals surface area contributed by atoms with Gasteiger partial charge in [-0.2, -0.15) is 0 Å². The minimum Gasteiger partial charge on any atom is -0.330 e. The van der Waals surface area contributed by atoms with Crippen molar-refractivity contribution in [1.29, 1.82) is 0 Å². The van der Waals surface area contributed by atoms with Crippen molar-refractivity contribution in [2.75, 3.05) is 6.54 Å². The first-order valence-electron chi connectivity index (χ1n) is 7.40. The highest BCUT2D eigenvalue weighted by Gasteiger charge is 2.37. The minimum absolute atomic E-state index is 0.122. The SMILES string of the molecule is CC1(C)CCC(CN)(Cc2ccc([N+](=O)[O-])cc2Br)CC1. The van der Waals surface area contributed by atoms with Crippen molar-refractivity contribution in [2.24, 2.45) is 16.6 Å². The summed E-state index contributed by atoms with van der Waals surface area (Å²) in [6.07, 6.45) is 5.52. The number of nitrogens with two attached hydrogens (primary N) is 1. The van der Waals surface area contributed by atoms with Gasteiger partial charge in [-0.3, -0.25) is 10.1 Å². The first-order chi connectivity index (χ1) is 9.77. The molecular formula is C16H23BrN2O2. The van der Waals surface area contributed by atoms with E-state index in [1.807, 2.05) is 6.07 Å². The zero-order chi connectivity index (χ0) is 15.7. The van der Waals surface area contributed by atoms with Gasteiger partial charge >= 0.3 is 0 Å². The molecule has 1 aliphatic rings. The van der Waals surface area contributed by atoms with E-state index in [9.17, 15) is 10.1 Å². The third-order valence-corrected chi connectivity index (χ3v) is 5.65. The van der Waals surface area contributed by atoms with Gasteiger partial charge in [0.25, 0.3) is 5.69 Å². The third-order valence-electron chi connectivity index (χ3n) is 4.91. The van der Waals surface area contributed by atoms with Gasteiger partial charge in [0, 0.05) is 16.6 Å². The monoisotopic (exact) mass is 354 g/mol. The maximum Gasteiger partial charge on any atom is 0.270 e. The summed E-state index contributed by atoms with van der Waals surface area (Å²) in [5, 5.41) is 10.8. The molecule has 5 heteroatoms. The van der Waals surface area contributed by atoms with Crippen LogP contribution in [-0.2, 0) is 6.42 Å². The largest absolute Gasteiger partial charge is 0.330 e. The molecule has 1 aliphatic carbocycles. The van der Waals surface area contributed by atoms with Gasteiger partial charge in [0.05, 0.1) is 4.92 Å². The van der Waals surface area contributed by atoms with Crippen LogP contribution in [0, 0.1) is 20.9 Å². The van der Waals surface area contributed by atoms with E-state index in [2.05, 4.69) is 29.8 Å². The molecule has 0 atom stereocenters. The van der Waals surface area contributed by atoms with Crippen LogP contribution < -0.4 is 5.73 Å². The van der Waals surface area contributed by atoms with Crippen LogP contribution in [0.2, 0.25) is 0 Å². The van der Waals surface area contributed by atoms with Gasteiger partial charge in [-0.25, -0.2) is 0 Å². The fraction of sp³-hybridized carbons (Fsp3) is 0.625. The second-order valence-electron chi connectivity index (χ2n) is 7.08. The number of nitro benzene ring substituents is 1. The molecule has 0 bridgehead atoms. The standard InChI is InChI=1S/C16H23BrN2O2/c1-15(2)5-7-16(11-18,8-6-15)10-12-3-4-13(19(20)21)9-14(12)17/h3-4,9H,5-8,10-11,18H2,1-2H3. The van der Waals surface area contributed by atoms with Crippen molar-refractivity contribution >= 4 is 21.6 Å². The summed E-state index contributed by atoms with van der Waals surface area (Å²) >= 11 is 3.47. The molecule has 0 amide bonds. The van der Waals surface area contributed by atoms with Gasteiger partial charge in [-0.05, 0) is 55.0 Å². The first-order valence-corrected chi connectivity index (χ1v) is 8.19. The molecule has 0 radical (unpaired) electrons. The molecule has 0 aromatic heterocycles. The number of nitrogens with zero attached hydrogens (tertiary/aromatic N) is 1. The molecular weight excluding hydrogens is 332 g/mol. The van der Waals surface area contributed by atoms with E-state index in [0.29, 0.717) is 12.0 Å². The highest BCUT2D eigenvalue weighted by molar-refractivity contribution is 9.10. The number of non-ortho nitro benzene ring substituents is 1. The molecule has 0 unspecified atom stereocenters. The highest BCUT2D eigenvalue weighted by atomic mass is 79.9. The molecule has 1 aromatic carbocycles. The van der Waals surface area contributed by atoms with Crippen molar-refractivity contribution < 1.29 is 4.92 Å². The molecule has 0 heterocycles. The zero-order valence-electron chi connectivity index (χ0n) is 12.7. The Bertz CT molecular complexity index is 533. The minimum atomic E-state index is -0.365. The van der Waals surface area contributed by atoms with E-state index in [0.717, 1.165) is 29.3 Å². The van der Waals surface area contributed by atoms with Crippen molar-refractivity contribution in [3.63, 3.8) is 0 Å². The van der Waals surface area contributed by atoms with Crippen molar-refractivity contribution in [2.45, 2.75) is 46.0 Å². The number of nitro groups is 1. The quantitative estimate of drug-likeness (QED) is 0.641. The average Bonchev–Trinajstić information content (AvgIpc) is 2.43. The lowest BCUT2D eigenvalue weighted by atomic mass is 9.63. The van der Waals surface area contributed by atoms with Crippen LogP contribution in [0.5, 0.6) is 0 Å². The molecule has 2 rings (SSSR count). The smallest absolute Gasteiger partial charge is 0.270 e. The number of halogens is 1. The molecule has 1 saturated carbocycles. The molecule has 2 N–H and O–H groups in total. The Morgan fingerprint density at radius 1 is 1.29 bits per heavy atom. The predicted molar refractivity (Wildman–Crippen MR) is 88.2 cm³/mol. The predicted octanol–water partition coefficient (Wildman–Crippen LogP) is 4.45. The van der Waals surface area contributed by atoms with Gasteiger partial charge in [-0.15, -0.1) is 0 Å². The van der Waals surface area contributed by atoms with Crippen LogP contribution in [0.25, 0.3) is 0 Å². The van der Waals surface area contributed by atoms with E-state index >= 15 is 0 Å². The highest BCUT2D eigenvalue weighted by Crippen LogP contribution is 2.46. The summed E-state index contributed by atoms with van der Waals surface area (Å²) in [4.78, 5) is 10.4. The van der Waals surface area contributed by atoms with Crippen molar-refractivity contribution in [1.82, 2.24) is 0 Å². The van der Waals surface area contributed by atoms with Gasteiger partial charge < -0.3 is 5.73 Å². The van der Waals surface area contributed by atoms with E-state index < -0.39 is 0 Å². The van der Waals surface area contributed by atoms with Gasteiger partial charge in [-0.1, -0.05) is 35.8 Å². The van der Waals surface area contributed by atoms with Gasteiger partial charge in [0.1, 0.15) is 0 Å². The van der Waals surface area contributed by atoms with Gasteiger partial charge in [0.2, 0.25) is 0 Å². The molecule has 0 aliphatic heterocycles. The van der Waals surface area contributed by atoms with Crippen molar-refractivity contribution in [3.05, 3.63) is 38.3 Å². The van der Waals surface area contributed by atoms with Crippen LogP contribution >= 0.6 is 15.9 Å². The number of hydrogen-bond acceptors (Lipinski definition) is 3. The number of hydrogen-bond donors (Lipinski definition) is 1. The lowest BCUT2D eigenvalue weighted by Gasteiger charge is -2.43. The van der Waals surface area contributed by atoms with Crippen LogP contribution in [-0.4, -0.2) is 11.5 Å². The zero-order valence-corrected chi connectivity index (χ0v) is 14.3. The Labute approximate surface area is 134 Å². The van der Waals surface area contributed by atoms with Gasteiger partial charge in [0.15, 0.2) is 0 Å². The molecule has 116 valence electrons. The third kappa shape index (κ3) is 3.83. The topological polar surface area (TPSA) is 69.2 Å². The summed E-state index contributed by atoms with van der Waals surface area (Å²) < 4.78 is 0.814. The lowest BCUT2D eigenvalue weighted by Crippen LogP contribution is -2.39. The Morgan fingerprint density at radius 2 is 1.90 bits per heavy atom. The number of rotatable bonds is 4. The second kappa shape index (κ2) is 6.05.